The topological polar surface area (TPSA) is 61.7 Å². The summed E-state index contributed by atoms with van der Waals surface area (Å²) in [5.74, 6) is 0. The molecule has 1 heterocycles. The first-order chi connectivity index (χ1) is 7.61. The molecule has 0 saturated heterocycles. The number of rotatable bonds is 7. The summed E-state index contributed by atoms with van der Waals surface area (Å²) in [6, 6.07) is 4.17. The number of thiophene rings is 1. The van der Waals surface area contributed by atoms with E-state index in [0.717, 1.165) is 17.8 Å². The molecule has 1 aromatic heterocycles. The first kappa shape index (κ1) is 13.5. The Hall–Kier alpha value is -0.555. The molecule has 1 atom stereocenters. The molecule has 3 N–H and O–H groups in total. The van der Waals surface area contributed by atoms with E-state index in [4.69, 9.17) is 14.7 Å². The van der Waals surface area contributed by atoms with Crippen molar-refractivity contribution in [3.8, 4) is 5.06 Å². The largest absolute Gasteiger partial charge is 0.708 e. The third kappa shape index (κ3) is 4.98. The molecule has 0 aliphatic carbocycles. The van der Waals surface area contributed by atoms with Crippen molar-refractivity contribution in [1.29, 1.82) is 0 Å². The second kappa shape index (κ2) is 6.91. The van der Waals surface area contributed by atoms with Crippen molar-refractivity contribution in [3.05, 3.63) is 17.0 Å². The average molecular weight is 243 g/mol. The minimum Gasteiger partial charge on any atom is -0.504 e. The zero-order valence-corrected chi connectivity index (χ0v) is 10.5. The van der Waals surface area contributed by atoms with E-state index < -0.39 is 7.32 Å². The summed E-state index contributed by atoms with van der Waals surface area (Å²) in [6.45, 7) is 5.11. The molecule has 0 aliphatic heterocycles. The third-order valence-corrected chi connectivity index (χ3v) is 3.18. The maximum atomic E-state index is 8.63. The fourth-order valence-electron chi connectivity index (χ4n) is 1.43. The summed E-state index contributed by atoms with van der Waals surface area (Å²) in [6.07, 6.45) is 2.33. The summed E-state index contributed by atoms with van der Waals surface area (Å²) >= 11 is 1.42. The summed E-state index contributed by atoms with van der Waals surface area (Å²) in [7, 11) is -1.74. The van der Waals surface area contributed by atoms with E-state index in [0.29, 0.717) is 11.1 Å². The van der Waals surface area contributed by atoms with Crippen molar-refractivity contribution < 1.29 is 14.7 Å². The van der Waals surface area contributed by atoms with Gasteiger partial charge in [0.05, 0.1) is 0 Å². The van der Waals surface area contributed by atoms with Crippen LogP contribution < -0.4 is 9.97 Å². The third-order valence-electron chi connectivity index (χ3n) is 2.21. The predicted octanol–water partition coefficient (Wildman–Crippen LogP) is 1.37. The Bertz CT molecular complexity index is 306. The lowest BCUT2D eigenvalue weighted by Gasteiger charge is -2.11. The van der Waals surface area contributed by atoms with E-state index in [9.17, 15) is 0 Å². The molecular formula is C10H18BNO3S. The van der Waals surface area contributed by atoms with Crippen LogP contribution in [0.25, 0.3) is 0 Å². The second-order valence-electron chi connectivity index (χ2n) is 3.74. The van der Waals surface area contributed by atoms with Gasteiger partial charge in [-0.3, -0.25) is 0 Å². The molecule has 0 amide bonds. The molecule has 4 nitrogen and oxygen atoms in total. The van der Waals surface area contributed by atoms with Crippen molar-refractivity contribution in [2.75, 3.05) is 0 Å². The summed E-state index contributed by atoms with van der Waals surface area (Å²) in [4.78, 5) is 1.12. The molecule has 0 spiro atoms. The fourth-order valence-corrected chi connectivity index (χ4v) is 2.25. The van der Waals surface area contributed by atoms with Crippen LogP contribution in [0, 0.1) is 0 Å². The zero-order chi connectivity index (χ0) is 12.0. The first-order valence-electron chi connectivity index (χ1n) is 5.46. The van der Waals surface area contributed by atoms with Crippen molar-refractivity contribution in [2.45, 2.75) is 39.3 Å². The molecule has 6 heteroatoms. The Morgan fingerprint density at radius 2 is 2.25 bits per heavy atom. The Morgan fingerprint density at radius 3 is 2.88 bits per heavy atom. The molecule has 0 fully saturated rings. The van der Waals surface area contributed by atoms with Gasteiger partial charge in [0.25, 0.3) is 0 Å². The summed E-state index contributed by atoms with van der Waals surface area (Å²) < 4.78 is 4.75. The smallest absolute Gasteiger partial charge is 0.504 e. The lowest BCUT2D eigenvalue weighted by atomic mass is 10.2. The van der Waals surface area contributed by atoms with E-state index in [1.807, 2.05) is 6.07 Å². The van der Waals surface area contributed by atoms with Gasteiger partial charge in [0.2, 0.25) is 0 Å². The minimum absolute atomic E-state index is 0.500. The van der Waals surface area contributed by atoms with Crippen molar-refractivity contribution in [1.82, 2.24) is 5.32 Å². The molecule has 16 heavy (non-hydrogen) atoms. The molecule has 0 radical (unpaired) electrons. The minimum atomic E-state index is -1.74. The summed E-state index contributed by atoms with van der Waals surface area (Å²) in [5, 5.41) is 21.2. The molecule has 90 valence electrons. The Balaban J connectivity index is 2.34. The highest BCUT2D eigenvalue weighted by Crippen LogP contribution is 2.24. The van der Waals surface area contributed by atoms with Crippen molar-refractivity contribution in [2.24, 2.45) is 0 Å². The highest BCUT2D eigenvalue weighted by molar-refractivity contribution is 7.14. The molecule has 0 saturated carbocycles. The van der Waals surface area contributed by atoms with Crippen LogP contribution in [0.1, 0.15) is 31.6 Å². The standard InChI is InChI=1S/C10H18BNO3S/c1-3-4-8(2)12-7-9-5-6-10(16-9)15-11(13)14/h5-6,8,12-14H,3-4,7H2,1-2H3. The highest BCUT2D eigenvalue weighted by atomic mass is 32.1. The van der Waals surface area contributed by atoms with Crippen LogP contribution in [0.2, 0.25) is 0 Å². The van der Waals surface area contributed by atoms with E-state index >= 15 is 0 Å². The van der Waals surface area contributed by atoms with Crippen LogP contribution in [0.3, 0.4) is 0 Å². The van der Waals surface area contributed by atoms with Gasteiger partial charge in [-0.05, 0) is 25.5 Å². The van der Waals surface area contributed by atoms with Gasteiger partial charge in [-0.1, -0.05) is 13.3 Å². The van der Waals surface area contributed by atoms with Crippen LogP contribution in [-0.4, -0.2) is 23.4 Å². The van der Waals surface area contributed by atoms with Crippen LogP contribution in [0.15, 0.2) is 12.1 Å². The molecule has 0 aliphatic rings. The summed E-state index contributed by atoms with van der Waals surface area (Å²) in [5.41, 5.74) is 0. The Labute approximate surface area is 100 Å². The molecule has 1 unspecified atom stereocenters. The fraction of sp³-hybridized carbons (Fsp3) is 0.600. The molecule has 1 rings (SSSR count). The molecule has 1 aromatic rings. The van der Waals surface area contributed by atoms with Gasteiger partial charge < -0.3 is 20.0 Å². The maximum Gasteiger partial charge on any atom is 0.708 e. The average Bonchev–Trinajstić information content (AvgIpc) is 2.62. The van der Waals surface area contributed by atoms with Crippen LogP contribution >= 0.6 is 11.3 Å². The van der Waals surface area contributed by atoms with Gasteiger partial charge in [0, 0.05) is 17.5 Å². The van der Waals surface area contributed by atoms with Gasteiger partial charge in [-0.25, -0.2) is 0 Å². The lowest BCUT2D eigenvalue weighted by Crippen LogP contribution is -2.24. The Morgan fingerprint density at radius 1 is 1.50 bits per heavy atom. The zero-order valence-electron chi connectivity index (χ0n) is 9.64. The molecule has 0 bridgehead atoms. The molecular weight excluding hydrogens is 225 g/mol. The lowest BCUT2D eigenvalue weighted by molar-refractivity contribution is 0.292. The van der Waals surface area contributed by atoms with Gasteiger partial charge in [-0.2, -0.15) is 0 Å². The maximum absolute atomic E-state index is 8.63. The van der Waals surface area contributed by atoms with Crippen LogP contribution in [0.5, 0.6) is 5.06 Å². The van der Waals surface area contributed by atoms with E-state index in [1.165, 1.54) is 17.8 Å². The van der Waals surface area contributed by atoms with E-state index in [1.54, 1.807) is 6.07 Å². The SMILES string of the molecule is CCCC(C)NCc1ccc(OB(O)O)s1. The van der Waals surface area contributed by atoms with Crippen LogP contribution in [0.4, 0.5) is 0 Å². The van der Waals surface area contributed by atoms with E-state index in [-0.39, 0.29) is 0 Å². The van der Waals surface area contributed by atoms with Crippen molar-refractivity contribution in [3.63, 3.8) is 0 Å². The van der Waals surface area contributed by atoms with Gasteiger partial charge in [0.1, 0.15) is 0 Å². The van der Waals surface area contributed by atoms with Gasteiger partial charge in [0.15, 0.2) is 5.06 Å². The quantitative estimate of drug-likeness (QED) is 0.633. The number of hydrogen-bond acceptors (Lipinski definition) is 5. The first-order valence-corrected chi connectivity index (χ1v) is 6.28. The monoisotopic (exact) mass is 243 g/mol. The van der Waals surface area contributed by atoms with Gasteiger partial charge >= 0.3 is 7.32 Å². The predicted molar refractivity (Wildman–Crippen MR) is 66.3 cm³/mol. The van der Waals surface area contributed by atoms with Crippen molar-refractivity contribution >= 4 is 18.7 Å². The number of nitrogens with one attached hydrogen (secondary N) is 1. The Kier molecular flexibility index (Phi) is 5.83. The second-order valence-corrected chi connectivity index (χ2v) is 4.87. The number of hydrogen-bond donors (Lipinski definition) is 3. The van der Waals surface area contributed by atoms with Gasteiger partial charge in [-0.15, -0.1) is 11.3 Å². The van der Waals surface area contributed by atoms with Crippen LogP contribution in [-0.2, 0) is 6.54 Å². The highest BCUT2D eigenvalue weighted by Gasteiger charge is 2.12. The normalized spacial score (nSPS) is 12.5. The molecule has 0 aromatic carbocycles. The van der Waals surface area contributed by atoms with E-state index in [2.05, 4.69) is 19.2 Å².